The second-order valence-corrected chi connectivity index (χ2v) is 15.7. The van der Waals surface area contributed by atoms with Crippen LogP contribution in [-0.2, 0) is 45.0 Å². The lowest BCUT2D eigenvalue weighted by molar-refractivity contribution is -0.128. The molecule has 5 atom stereocenters. The van der Waals surface area contributed by atoms with Crippen LogP contribution in [0.3, 0.4) is 0 Å². The van der Waals surface area contributed by atoms with E-state index in [2.05, 4.69) is 16.0 Å². The summed E-state index contributed by atoms with van der Waals surface area (Å²) in [5, 5.41) is 19.8. The maximum atomic E-state index is 14.3. The van der Waals surface area contributed by atoms with E-state index in [4.69, 9.17) is 28.4 Å². The molecular weight excluding hydrogens is 700 g/mol. The molecule has 2 fully saturated rings. The van der Waals surface area contributed by atoms with Gasteiger partial charge in [0.15, 0.2) is 17.8 Å². The van der Waals surface area contributed by atoms with Gasteiger partial charge in [-0.2, -0.15) is 4.31 Å². The fourth-order valence-electron chi connectivity index (χ4n) is 6.31. The van der Waals surface area contributed by atoms with Gasteiger partial charge in [0.25, 0.3) is 0 Å². The third-order valence-electron chi connectivity index (χ3n) is 9.13. The van der Waals surface area contributed by atoms with Crippen molar-refractivity contribution < 1.29 is 56.3 Å². The van der Waals surface area contributed by atoms with Crippen molar-refractivity contribution in [2.24, 2.45) is 11.3 Å². The Labute approximate surface area is 303 Å². The summed E-state index contributed by atoms with van der Waals surface area (Å²) in [5.74, 6) is -0.250. The highest BCUT2D eigenvalue weighted by atomic mass is 32.2. The number of rotatable bonds is 18. The minimum absolute atomic E-state index is 0.0412. The molecule has 3 amide bonds. The van der Waals surface area contributed by atoms with Crippen LogP contribution >= 0.6 is 0 Å². The van der Waals surface area contributed by atoms with Crippen LogP contribution in [0.1, 0.15) is 32.3 Å². The lowest BCUT2D eigenvalue weighted by Gasteiger charge is -2.35. The molecule has 3 heterocycles. The quantitative estimate of drug-likeness (QED) is 0.170. The number of hydrogen-bond donors (Lipinski definition) is 4. The highest BCUT2D eigenvalue weighted by molar-refractivity contribution is 7.89. The molecule has 3 aliphatic rings. The number of hydrogen-bond acceptors (Lipinski definition) is 12. The summed E-state index contributed by atoms with van der Waals surface area (Å²) in [5.41, 5.74) is 0.0827. The van der Waals surface area contributed by atoms with Crippen LogP contribution in [0.5, 0.6) is 11.5 Å². The molecule has 0 saturated carbocycles. The summed E-state index contributed by atoms with van der Waals surface area (Å²) < 4.78 is 62.3. The van der Waals surface area contributed by atoms with E-state index in [1.165, 1.54) is 29.6 Å². The molecule has 286 valence electrons. The average Bonchev–Trinajstić information content (AvgIpc) is 3.86. The van der Waals surface area contributed by atoms with Crippen LogP contribution in [0.2, 0.25) is 0 Å². The fourth-order valence-corrected chi connectivity index (χ4v) is 7.97. The van der Waals surface area contributed by atoms with Crippen LogP contribution in [0, 0.1) is 11.3 Å². The number of methoxy groups -OCH3 is 1. The third kappa shape index (κ3) is 10.5. The number of nitrogens with one attached hydrogen (secondary N) is 3. The van der Waals surface area contributed by atoms with Crippen molar-refractivity contribution in [1.82, 2.24) is 20.3 Å². The van der Waals surface area contributed by atoms with Gasteiger partial charge in [0.05, 0.1) is 42.7 Å². The number of aliphatic hydroxyl groups is 1. The second-order valence-electron chi connectivity index (χ2n) is 13.8. The number of fused-ring (bicyclic) bond motifs is 2. The molecule has 16 nitrogen and oxygen atoms in total. The SMILES string of the molecule is COCC(=O)NCC(=O)NCCC(C)(C)CN(C[C@@H](O)[C@H](Cc1ccccc1)NC(=O)O[C@H]1CO[C@H]2OCC[C@H]21)S(=O)(=O)c1ccc2c(c1)OCO2. The fraction of sp³-hybridized carbons (Fsp3) is 0.571. The summed E-state index contributed by atoms with van der Waals surface area (Å²) in [4.78, 5) is 37.2. The largest absolute Gasteiger partial charge is 0.454 e. The Morgan fingerprint density at radius 2 is 1.81 bits per heavy atom. The number of ether oxygens (including phenoxy) is 6. The first-order valence-corrected chi connectivity index (χ1v) is 18.6. The van der Waals surface area contributed by atoms with Crippen molar-refractivity contribution >= 4 is 27.9 Å². The predicted molar refractivity (Wildman–Crippen MR) is 185 cm³/mol. The van der Waals surface area contributed by atoms with Crippen molar-refractivity contribution in [2.45, 2.75) is 62.5 Å². The molecule has 2 aromatic carbocycles. The Morgan fingerprint density at radius 1 is 1.04 bits per heavy atom. The van der Waals surface area contributed by atoms with E-state index in [0.717, 1.165) is 5.56 Å². The van der Waals surface area contributed by atoms with Crippen LogP contribution < -0.4 is 25.4 Å². The van der Waals surface area contributed by atoms with E-state index in [-0.39, 0.29) is 69.2 Å². The summed E-state index contributed by atoms with van der Waals surface area (Å²) in [6.07, 6.45) is -1.87. The molecule has 52 heavy (non-hydrogen) atoms. The van der Waals surface area contributed by atoms with Crippen molar-refractivity contribution in [3.63, 3.8) is 0 Å². The first-order chi connectivity index (χ1) is 24.8. The zero-order valence-electron chi connectivity index (χ0n) is 29.6. The number of amides is 3. The van der Waals surface area contributed by atoms with Gasteiger partial charge in [0.2, 0.25) is 28.6 Å². The van der Waals surface area contributed by atoms with Gasteiger partial charge < -0.3 is 49.5 Å². The van der Waals surface area contributed by atoms with Gasteiger partial charge in [-0.25, -0.2) is 13.2 Å². The number of carbonyl (C=O) groups excluding carboxylic acids is 3. The second kappa shape index (κ2) is 17.7. The Morgan fingerprint density at radius 3 is 2.58 bits per heavy atom. The average molecular weight is 749 g/mol. The standard InChI is InChI=1S/C35H48N4O12S/c1-35(2,12-13-36-31(41)17-37-32(42)20-46-3)21-39(52(44,45)24-9-10-28-29(16-24)50-22-49-28)18-27(40)26(15-23-7-5-4-6-8-23)38-34(43)51-30-19-48-33-25(30)11-14-47-33/h4-10,16,25-27,30,33,40H,11-15,17-22H2,1-3H3,(H,36,41)(H,37,42)(H,38,43)/t25-,26-,27+,30-,33+/m0/s1. The van der Waals surface area contributed by atoms with E-state index < -0.39 is 57.9 Å². The van der Waals surface area contributed by atoms with Crippen molar-refractivity contribution in [3.05, 3.63) is 54.1 Å². The normalized spacial score (nSPS) is 20.6. The first kappa shape index (κ1) is 39.2. The molecule has 0 aromatic heterocycles. The molecule has 4 N–H and O–H groups in total. The molecule has 2 saturated heterocycles. The topological polar surface area (TPSA) is 200 Å². The van der Waals surface area contributed by atoms with Crippen LogP contribution in [0.15, 0.2) is 53.4 Å². The third-order valence-corrected chi connectivity index (χ3v) is 10.9. The van der Waals surface area contributed by atoms with Gasteiger partial charge in [0.1, 0.15) is 12.7 Å². The summed E-state index contributed by atoms with van der Waals surface area (Å²) >= 11 is 0. The number of benzene rings is 2. The zero-order valence-corrected chi connectivity index (χ0v) is 30.4. The van der Waals surface area contributed by atoms with E-state index in [1.807, 2.05) is 44.2 Å². The highest BCUT2D eigenvalue weighted by Crippen LogP contribution is 2.36. The molecule has 0 unspecified atom stereocenters. The van der Waals surface area contributed by atoms with E-state index in [1.54, 1.807) is 0 Å². The Bertz CT molecular complexity index is 1640. The van der Waals surface area contributed by atoms with Gasteiger partial charge in [0, 0.05) is 32.8 Å². The minimum Gasteiger partial charge on any atom is -0.454 e. The van der Waals surface area contributed by atoms with Gasteiger partial charge >= 0.3 is 6.09 Å². The van der Waals surface area contributed by atoms with Crippen molar-refractivity contribution in [1.29, 1.82) is 0 Å². The van der Waals surface area contributed by atoms with Crippen LogP contribution in [0.25, 0.3) is 0 Å². The van der Waals surface area contributed by atoms with Gasteiger partial charge in [-0.05, 0) is 42.4 Å². The van der Waals surface area contributed by atoms with Gasteiger partial charge in [-0.1, -0.05) is 44.2 Å². The van der Waals surface area contributed by atoms with Gasteiger partial charge in [-0.15, -0.1) is 0 Å². The molecule has 5 rings (SSSR count). The molecule has 0 spiro atoms. The summed E-state index contributed by atoms with van der Waals surface area (Å²) in [6.45, 7) is 3.67. The first-order valence-electron chi connectivity index (χ1n) is 17.2. The van der Waals surface area contributed by atoms with Crippen LogP contribution in [-0.4, -0.2) is 120 Å². The van der Waals surface area contributed by atoms with Crippen molar-refractivity contribution in [3.8, 4) is 11.5 Å². The molecule has 0 radical (unpaired) electrons. The number of nitrogens with zero attached hydrogens (tertiary/aromatic N) is 1. The smallest absolute Gasteiger partial charge is 0.407 e. The van der Waals surface area contributed by atoms with E-state index in [9.17, 15) is 27.9 Å². The van der Waals surface area contributed by atoms with E-state index in [0.29, 0.717) is 25.2 Å². The monoisotopic (exact) mass is 748 g/mol. The predicted octanol–water partition coefficient (Wildman–Crippen LogP) is 1.16. The number of alkyl carbamates (subject to hydrolysis) is 1. The molecule has 3 aliphatic heterocycles. The number of sulfonamides is 1. The molecule has 2 aromatic rings. The summed E-state index contributed by atoms with van der Waals surface area (Å²) in [7, 11) is -2.89. The Kier molecular flexibility index (Phi) is 13.3. The molecule has 0 aliphatic carbocycles. The Hall–Kier alpha value is -4.00. The van der Waals surface area contributed by atoms with Gasteiger partial charge in [-0.3, -0.25) is 9.59 Å². The van der Waals surface area contributed by atoms with E-state index >= 15 is 0 Å². The maximum absolute atomic E-state index is 14.3. The zero-order chi connectivity index (χ0) is 37.3. The molecular formula is C35H48N4O12S. The highest BCUT2D eigenvalue weighted by Gasteiger charge is 2.44. The minimum atomic E-state index is -4.26. The lowest BCUT2D eigenvalue weighted by atomic mass is 9.89. The lowest BCUT2D eigenvalue weighted by Crippen LogP contribution is -2.52. The maximum Gasteiger partial charge on any atom is 0.407 e. The number of carbonyl (C=O) groups is 3. The number of aliphatic hydroxyl groups excluding tert-OH is 1. The van der Waals surface area contributed by atoms with Crippen LogP contribution in [0.4, 0.5) is 4.79 Å². The van der Waals surface area contributed by atoms with Crippen molar-refractivity contribution in [2.75, 3.05) is 59.9 Å². The Balaban J connectivity index is 1.32. The molecule has 0 bridgehead atoms. The molecule has 17 heteroatoms. The summed E-state index contributed by atoms with van der Waals surface area (Å²) in [6, 6.07) is 12.6.